The Labute approximate surface area is 183 Å². The highest BCUT2D eigenvalue weighted by atomic mass is 19.4. The van der Waals surface area contributed by atoms with Gasteiger partial charge < -0.3 is 11.1 Å². The third-order valence-corrected chi connectivity index (χ3v) is 4.24. The number of anilines is 1. The first kappa shape index (κ1) is 24.3. The Hall–Kier alpha value is -3.94. The largest absolute Gasteiger partial charge is 0.416 e. The normalized spacial score (nSPS) is 10.9. The molecule has 8 heteroatoms. The van der Waals surface area contributed by atoms with Crippen molar-refractivity contribution in [1.29, 1.82) is 0 Å². The average molecular weight is 441 g/mol. The maximum atomic E-state index is 12.8. The van der Waals surface area contributed by atoms with Crippen molar-refractivity contribution < 1.29 is 22.8 Å². The second kappa shape index (κ2) is 10.9. The van der Waals surface area contributed by atoms with E-state index < -0.39 is 23.6 Å². The number of amides is 2. The first-order valence-corrected chi connectivity index (χ1v) is 9.49. The van der Waals surface area contributed by atoms with Crippen LogP contribution >= 0.6 is 0 Å². The molecule has 0 bridgehead atoms. The van der Waals surface area contributed by atoms with E-state index in [0.717, 1.165) is 17.2 Å². The van der Waals surface area contributed by atoms with E-state index in [1.54, 1.807) is 48.8 Å². The van der Waals surface area contributed by atoms with Crippen LogP contribution in [-0.2, 0) is 11.0 Å². The van der Waals surface area contributed by atoms with Crippen LogP contribution < -0.4 is 11.1 Å². The molecule has 0 atom stereocenters. The number of nitrogens with one attached hydrogen (secondary N) is 1. The zero-order chi connectivity index (χ0) is 23.7. The van der Waals surface area contributed by atoms with Crippen molar-refractivity contribution in [2.75, 3.05) is 5.32 Å². The van der Waals surface area contributed by atoms with Gasteiger partial charge in [0.25, 0.3) is 5.91 Å². The number of alkyl halides is 3. The number of primary amides is 1. The van der Waals surface area contributed by atoms with Crippen LogP contribution in [0.1, 0.15) is 32.6 Å². The standard InChI is InChI=1S/C16H14F3NO.C8H8N2O/c1-10-3-6-12(7-4-10)15(21)20-13-8-5-11(2)14(9-13)16(17,18)19;9-8(11)4-3-7-2-1-5-10-6-7/h3-9H,1-2H3,(H,20,21);1-6H,(H2,9,11). The number of aryl methyl sites for hydroxylation is 2. The van der Waals surface area contributed by atoms with Gasteiger partial charge in [0.05, 0.1) is 5.56 Å². The summed E-state index contributed by atoms with van der Waals surface area (Å²) in [5.74, 6) is -0.888. The third kappa shape index (κ3) is 7.71. The van der Waals surface area contributed by atoms with Gasteiger partial charge in [0.1, 0.15) is 0 Å². The van der Waals surface area contributed by atoms with Crippen molar-refractivity contribution in [1.82, 2.24) is 4.98 Å². The minimum absolute atomic E-state index is 0.121. The fourth-order valence-electron chi connectivity index (χ4n) is 2.57. The van der Waals surface area contributed by atoms with Gasteiger partial charge in [-0.2, -0.15) is 13.2 Å². The van der Waals surface area contributed by atoms with Crippen LogP contribution in [0.2, 0.25) is 0 Å². The number of hydrogen-bond acceptors (Lipinski definition) is 3. The minimum atomic E-state index is -4.44. The number of benzene rings is 2. The van der Waals surface area contributed by atoms with Gasteiger partial charge in [-0.3, -0.25) is 14.6 Å². The Bertz CT molecular complexity index is 1090. The van der Waals surface area contributed by atoms with Crippen molar-refractivity contribution in [3.05, 3.63) is 101 Å². The van der Waals surface area contributed by atoms with Gasteiger partial charge in [-0.05, 0) is 61.4 Å². The highest BCUT2D eigenvalue weighted by Crippen LogP contribution is 2.33. The Morgan fingerprint density at radius 2 is 1.72 bits per heavy atom. The molecular weight excluding hydrogens is 419 g/mol. The first-order valence-electron chi connectivity index (χ1n) is 9.49. The molecule has 0 unspecified atom stereocenters. The topological polar surface area (TPSA) is 85.1 Å². The van der Waals surface area contributed by atoms with Crippen LogP contribution in [-0.4, -0.2) is 16.8 Å². The number of pyridine rings is 1. The number of carbonyl (C=O) groups is 2. The summed E-state index contributed by atoms with van der Waals surface area (Å²) in [7, 11) is 0. The summed E-state index contributed by atoms with van der Waals surface area (Å²) in [4.78, 5) is 26.1. The Balaban J connectivity index is 0.000000278. The van der Waals surface area contributed by atoms with E-state index in [2.05, 4.69) is 10.3 Å². The zero-order valence-corrected chi connectivity index (χ0v) is 17.5. The van der Waals surface area contributed by atoms with Gasteiger partial charge in [0.15, 0.2) is 0 Å². The van der Waals surface area contributed by atoms with E-state index in [9.17, 15) is 22.8 Å². The Morgan fingerprint density at radius 1 is 1.03 bits per heavy atom. The lowest BCUT2D eigenvalue weighted by atomic mass is 10.1. The fourth-order valence-corrected chi connectivity index (χ4v) is 2.57. The van der Waals surface area contributed by atoms with Crippen LogP contribution in [0.4, 0.5) is 18.9 Å². The number of rotatable bonds is 4. The highest BCUT2D eigenvalue weighted by molar-refractivity contribution is 6.04. The molecule has 0 saturated heterocycles. The van der Waals surface area contributed by atoms with Crippen molar-refractivity contribution in [2.45, 2.75) is 20.0 Å². The van der Waals surface area contributed by atoms with E-state index in [1.807, 2.05) is 13.0 Å². The second-order valence-corrected chi connectivity index (χ2v) is 6.87. The lowest BCUT2D eigenvalue weighted by Crippen LogP contribution is -2.14. The molecule has 0 aliphatic heterocycles. The predicted molar refractivity (Wildman–Crippen MR) is 118 cm³/mol. The lowest BCUT2D eigenvalue weighted by molar-refractivity contribution is -0.138. The predicted octanol–water partition coefficient (Wildman–Crippen LogP) is 5.15. The summed E-state index contributed by atoms with van der Waals surface area (Å²) < 4.78 is 38.5. The van der Waals surface area contributed by atoms with Crippen molar-refractivity contribution >= 4 is 23.6 Å². The number of nitrogens with two attached hydrogens (primary N) is 1. The lowest BCUT2D eigenvalue weighted by Gasteiger charge is -2.13. The van der Waals surface area contributed by atoms with Crippen molar-refractivity contribution in [2.24, 2.45) is 5.73 Å². The smallest absolute Gasteiger partial charge is 0.366 e. The minimum Gasteiger partial charge on any atom is -0.366 e. The molecule has 0 fully saturated rings. The third-order valence-electron chi connectivity index (χ3n) is 4.24. The molecular formula is C24H22F3N3O2. The molecule has 0 saturated carbocycles. The van der Waals surface area contributed by atoms with Crippen molar-refractivity contribution in [3.63, 3.8) is 0 Å². The maximum absolute atomic E-state index is 12.8. The summed E-state index contributed by atoms with van der Waals surface area (Å²) in [6.45, 7) is 3.27. The van der Waals surface area contributed by atoms with Crippen LogP contribution in [0.3, 0.4) is 0 Å². The maximum Gasteiger partial charge on any atom is 0.416 e. The van der Waals surface area contributed by atoms with Gasteiger partial charge in [0, 0.05) is 29.7 Å². The van der Waals surface area contributed by atoms with Gasteiger partial charge >= 0.3 is 6.18 Å². The molecule has 0 spiro atoms. The molecule has 0 radical (unpaired) electrons. The van der Waals surface area contributed by atoms with Gasteiger partial charge in [-0.1, -0.05) is 29.8 Å². The molecule has 1 aromatic heterocycles. The molecule has 2 aromatic carbocycles. The molecule has 5 nitrogen and oxygen atoms in total. The number of halogens is 3. The van der Waals surface area contributed by atoms with Crippen LogP contribution in [0.15, 0.2) is 73.1 Å². The molecule has 3 rings (SSSR count). The second-order valence-electron chi connectivity index (χ2n) is 6.87. The van der Waals surface area contributed by atoms with E-state index in [4.69, 9.17) is 5.73 Å². The van der Waals surface area contributed by atoms with Crippen LogP contribution in [0, 0.1) is 13.8 Å². The molecule has 1 heterocycles. The van der Waals surface area contributed by atoms with Gasteiger partial charge in [-0.15, -0.1) is 0 Å². The van der Waals surface area contributed by atoms with E-state index in [0.29, 0.717) is 5.56 Å². The summed E-state index contributed by atoms with van der Waals surface area (Å²) >= 11 is 0. The summed E-state index contributed by atoms with van der Waals surface area (Å²) in [5, 5.41) is 2.48. The molecule has 2 amide bonds. The number of aromatic nitrogens is 1. The van der Waals surface area contributed by atoms with Gasteiger partial charge in [-0.25, -0.2) is 0 Å². The number of hydrogen-bond donors (Lipinski definition) is 2. The summed E-state index contributed by atoms with van der Waals surface area (Å²) in [5.41, 5.74) is 6.66. The monoisotopic (exact) mass is 441 g/mol. The van der Waals surface area contributed by atoms with Crippen LogP contribution in [0.25, 0.3) is 6.08 Å². The molecule has 32 heavy (non-hydrogen) atoms. The van der Waals surface area contributed by atoms with E-state index in [-0.39, 0.29) is 11.3 Å². The molecule has 3 N–H and O–H groups in total. The first-order chi connectivity index (χ1) is 15.1. The average Bonchev–Trinajstić information content (AvgIpc) is 2.74. The summed E-state index contributed by atoms with van der Waals surface area (Å²) in [6, 6.07) is 14.2. The quantitative estimate of drug-likeness (QED) is 0.549. The number of carbonyl (C=O) groups excluding carboxylic acids is 2. The van der Waals surface area contributed by atoms with E-state index in [1.165, 1.54) is 25.1 Å². The molecule has 166 valence electrons. The molecule has 0 aliphatic rings. The fraction of sp³-hybridized carbons (Fsp3) is 0.125. The van der Waals surface area contributed by atoms with Crippen molar-refractivity contribution in [3.8, 4) is 0 Å². The Morgan fingerprint density at radius 3 is 2.28 bits per heavy atom. The number of nitrogens with zero attached hydrogens (tertiary/aromatic N) is 1. The highest BCUT2D eigenvalue weighted by Gasteiger charge is 2.32. The summed E-state index contributed by atoms with van der Waals surface area (Å²) in [6.07, 6.45) is 1.81. The SMILES string of the molecule is Cc1ccc(C(=O)Nc2ccc(C)c(C(F)(F)F)c2)cc1.NC(=O)C=Cc1cccnc1. The Kier molecular flexibility index (Phi) is 8.29. The van der Waals surface area contributed by atoms with Gasteiger partial charge in [0.2, 0.25) is 5.91 Å². The van der Waals surface area contributed by atoms with E-state index >= 15 is 0 Å². The van der Waals surface area contributed by atoms with Crippen LogP contribution in [0.5, 0.6) is 0 Å². The molecule has 0 aliphatic carbocycles. The zero-order valence-electron chi connectivity index (χ0n) is 17.5. The molecule has 3 aromatic rings.